The summed E-state index contributed by atoms with van der Waals surface area (Å²) in [7, 11) is 1.64. The highest BCUT2D eigenvalue weighted by molar-refractivity contribution is 5.46. The first-order valence-electron chi connectivity index (χ1n) is 6.23. The second-order valence-corrected chi connectivity index (χ2v) is 4.47. The zero-order valence-corrected chi connectivity index (χ0v) is 10.7. The van der Waals surface area contributed by atoms with Gasteiger partial charge in [-0.3, -0.25) is 0 Å². The highest BCUT2D eigenvalue weighted by atomic mass is 16.5. The Morgan fingerprint density at radius 3 is 3.11 bits per heavy atom. The quantitative estimate of drug-likeness (QED) is 0.835. The molecule has 0 aromatic carbocycles. The molecule has 1 aliphatic heterocycles. The number of hydrogen-bond acceptors (Lipinski definition) is 6. The summed E-state index contributed by atoms with van der Waals surface area (Å²) in [5.41, 5.74) is 1.51. The Kier molecular flexibility index (Phi) is 3.52. The van der Waals surface area contributed by atoms with Crippen LogP contribution in [0.2, 0.25) is 0 Å². The van der Waals surface area contributed by atoms with Gasteiger partial charge in [0.1, 0.15) is 5.69 Å². The van der Waals surface area contributed by atoms with E-state index in [1.807, 2.05) is 18.2 Å². The van der Waals surface area contributed by atoms with Crippen molar-refractivity contribution in [1.29, 1.82) is 0 Å². The molecule has 0 spiro atoms. The van der Waals surface area contributed by atoms with Crippen LogP contribution in [0.4, 0.5) is 0 Å². The predicted octanol–water partition coefficient (Wildman–Crippen LogP) is 1.78. The minimum absolute atomic E-state index is 0.236. The molecule has 6 heteroatoms. The van der Waals surface area contributed by atoms with Crippen molar-refractivity contribution in [1.82, 2.24) is 15.1 Å². The third kappa shape index (κ3) is 2.64. The highest BCUT2D eigenvalue weighted by Gasteiger charge is 2.23. The Morgan fingerprint density at radius 2 is 2.32 bits per heavy atom. The largest absolute Gasteiger partial charge is 0.381 e. The molecule has 0 N–H and O–H groups in total. The summed E-state index contributed by atoms with van der Waals surface area (Å²) >= 11 is 0. The first kappa shape index (κ1) is 12.3. The molecular formula is C13H15N3O3. The third-order valence-corrected chi connectivity index (χ3v) is 3.05. The molecule has 0 aliphatic carbocycles. The van der Waals surface area contributed by atoms with Crippen LogP contribution in [0.3, 0.4) is 0 Å². The van der Waals surface area contributed by atoms with E-state index < -0.39 is 0 Å². The molecule has 1 saturated heterocycles. The van der Waals surface area contributed by atoms with E-state index in [0.717, 1.165) is 18.7 Å². The van der Waals surface area contributed by atoms with Crippen molar-refractivity contribution in [2.24, 2.45) is 0 Å². The van der Waals surface area contributed by atoms with E-state index in [2.05, 4.69) is 15.1 Å². The normalized spacial score (nSPS) is 18.9. The molecule has 1 atom stereocenters. The molecule has 6 nitrogen and oxygen atoms in total. The predicted molar refractivity (Wildman–Crippen MR) is 66.4 cm³/mol. The van der Waals surface area contributed by atoms with Crippen molar-refractivity contribution in [3.05, 3.63) is 29.7 Å². The van der Waals surface area contributed by atoms with Gasteiger partial charge in [0, 0.05) is 19.6 Å². The molecule has 1 fully saturated rings. The maximum atomic E-state index is 5.32. The topological polar surface area (TPSA) is 70.3 Å². The summed E-state index contributed by atoms with van der Waals surface area (Å²) in [6.45, 7) is 1.89. The Balaban J connectivity index is 1.83. The van der Waals surface area contributed by atoms with Crippen LogP contribution < -0.4 is 0 Å². The van der Waals surface area contributed by atoms with Crippen molar-refractivity contribution in [2.75, 3.05) is 20.3 Å². The van der Waals surface area contributed by atoms with Crippen molar-refractivity contribution < 1.29 is 14.0 Å². The van der Waals surface area contributed by atoms with Crippen LogP contribution >= 0.6 is 0 Å². The first-order valence-corrected chi connectivity index (χ1v) is 6.23. The standard InChI is InChI=1S/C13H15N3O3/c1-17-8-10-3-2-4-11(14-10)13-15-12(16-19-13)9-5-6-18-7-9/h2-4,9H,5-8H2,1H3. The second-order valence-electron chi connectivity index (χ2n) is 4.47. The fourth-order valence-corrected chi connectivity index (χ4v) is 2.07. The van der Waals surface area contributed by atoms with Crippen LogP contribution in [-0.4, -0.2) is 35.4 Å². The summed E-state index contributed by atoms with van der Waals surface area (Å²) in [4.78, 5) is 8.82. The number of ether oxygens (including phenoxy) is 2. The Bertz CT molecular complexity index is 550. The van der Waals surface area contributed by atoms with Crippen LogP contribution in [0.25, 0.3) is 11.6 Å². The van der Waals surface area contributed by atoms with Crippen LogP contribution in [0.5, 0.6) is 0 Å². The van der Waals surface area contributed by atoms with E-state index in [0.29, 0.717) is 30.6 Å². The number of aromatic nitrogens is 3. The van der Waals surface area contributed by atoms with Gasteiger partial charge < -0.3 is 14.0 Å². The molecule has 0 radical (unpaired) electrons. The van der Waals surface area contributed by atoms with Crippen LogP contribution in [0.15, 0.2) is 22.7 Å². The molecule has 3 rings (SSSR count). The minimum Gasteiger partial charge on any atom is -0.381 e. The van der Waals surface area contributed by atoms with Gasteiger partial charge in [-0.05, 0) is 18.6 Å². The van der Waals surface area contributed by atoms with Gasteiger partial charge in [-0.15, -0.1) is 0 Å². The summed E-state index contributed by atoms with van der Waals surface area (Å²) < 4.78 is 15.7. The van der Waals surface area contributed by atoms with E-state index in [4.69, 9.17) is 14.0 Å². The lowest BCUT2D eigenvalue weighted by Gasteiger charge is -2.00. The number of nitrogens with zero attached hydrogens (tertiary/aromatic N) is 3. The van der Waals surface area contributed by atoms with E-state index in [9.17, 15) is 0 Å². The Hall–Kier alpha value is -1.79. The Morgan fingerprint density at radius 1 is 1.37 bits per heavy atom. The molecule has 0 bridgehead atoms. The Labute approximate surface area is 110 Å². The lowest BCUT2D eigenvalue weighted by atomic mass is 10.1. The van der Waals surface area contributed by atoms with Crippen molar-refractivity contribution in [3.8, 4) is 11.6 Å². The maximum absolute atomic E-state index is 5.32. The van der Waals surface area contributed by atoms with Crippen LogP contribution in [-0.2, 0) is 16.1 Å². The zero-order chi connectivity index (χ0) is 13.1. The monoisotopic (exact) mass is 261 g/mol. The first-order chi connectivity index (χ1) is 9.36. The fourth-order valence-electron chi connectivity index (χ4n) is 2.07. The second kappa shape index (κ2) is 5.46. The average molecular weight is 261 g/mol. The van der Waals surface area contributed by atoms with Gasteiger partial charge in [0.25, 0.3) is 5.89 Å². The number of methoxy groups -OCH3 is 1. The summed E-state index contributed by atoms with van der Waals surface area (Å²) in [6.07, 6.45) is 0.941. The molecule has 100 valence electrons. The third-order valence-electron chi connectivity index (χ3n) is 3.05. The smallest absolute Gasteiger partial charge is 0.276 e. The maximum Gasteiger partial charge on any atom is 0.276 e. The summed E-state index contributed by atoms with van der Waals surface area (Å²) in [6, 6.07) is 5.65. The van der Waals surface area contributed by atoms with Crippen molar-refractivity contribution in [3.63, 3.8) is 0 Å². The fraction of sp³-hybridized carbons (Fsp3) is 0.462. The molecule has 2 aromatic heterocycles. The van der Waals surface area contributed by atoms with Gasteiger partial charge in [0.15, 0.2) is 5.82 Å². The molecule has 0 saturated carbocycles. The molecule has 0 amide bonds. The lowest BCUT2D eigenvalue weighted by Crippen LogP contribution is -2.00. The van der Waals surface area contributed by atoms with Gasteiger partial charge in [-0.2, -0.15) is 4.98 Å². The van der Waals surface area contributed by atoms with Crippen LogP contribution in [0.1, 0.15) is 23.9 Å². The van der Waals surface area contributed by atoms with E-state index in [1.54, 1.807) is 7.11 Å². The molecule has 2 aromatic rings. The lowest BCUT2D eigenvalue weighted by molar-refractivity contribution is 0.181. The number of pyridine rings is 1. The zero-order valence-electron chi connectivity index (χ0n) is 10.7. The van der Waals surface area contributed by atoms with Gasteiger partial charge in [-0.25, -0.2) is 4.98 Å². The SMILES string of the molecule is COCc1cccc(-c2nc(C3CCOC3)no2)n1. The van der Waals surface area contributed by atoms with Gasteiger partial charge >= 0.3 is 0 Å². The van der Waals surface area contributed by atoms with Gasteiger partial charge in [0.05, 0.1) is 18.9 Å². The van der Waals surface area contributed by atoms with Crippen LogP contribution in [0, 0.1) is 0 Å². The van der Waals surface area contributed by atoms with Crippen molar-refractivity contribution >= 4 is 0 Å². The minimum atomic E-state index is 0.236. The highest BCUT2D eigenvalue weighted by Crippen LogP contribution is 2.24. The molecular weight excluding hydrogens is 246 g/mol. The average Bonchev–Trinajstić information content (AvgIpc) is 3.11. The number of rotatable bonds is 4. The van der Waals surface area contributed by atoms with Gasteiger partial charge in [-0.1, -0.05) is 11.2 Å². The van der Waals surface area contributed by atoms with Gasteiger partial charge in [0.2, 0.25) is 0 Å². The molecule has 1 aliphatic rings. The molecule has 3 heterocycles. The molecule has 19 heavy (non-hydrogen) atoms. The number of hydrogen-bond donors (Lipinski definition) is 0. The van der Waals surface area contributed by atoms with E-state index >= 15 is 0 Å². The summed E-state index contributed by atoms with van der Waals surface area (Å²) in [5.74, 6) is 1.38. The van der Waals surface area contributed by atoms with Crippen molar-refractivity contribution in [2.45, 2.75) is 18.9 Å². The van der Waals surface area contributed by atoms with E-state index in [1.165, 1.54) is 0 Å². The summed E-state index contributed by atoms with van der Waals surface area (Å²) in [5, 5.41) is 4.01. The van der Waals surface area contributed by atoms with E-state index in [-0.39, 0.29) is 5.92 Å². The molecule has 1 unspecified atom stereocenters.